The first-order valence-corrected chi connectivity index (χ1v) is 19.0. The first-order chi connectivity index (χ1) is 19.6. The van der Waals surface area contributed by atoms with Crippen LogP contribution in [0.25, 0.3) is 11.1 Å². The molecule has 220 valence electrons. The minimum absolute atomic E-state index is 0. The third-order valence-electron chi connectivity index (χ3n) is 8.83. The van der Waals surface area contributed by atoms with E-state index in [9.17, 15) is 0 Å². The molecule has 3 heteroatoms. The smallest absolute Gasteiger partial charge is 1.00 e. The van der Waals surface area contributed by atoms with Crippen LogP contribution in [0.2, 0.25) is 0 Å². The molecule has 4 aromatic rings. The van der Waals surface area contributed by atoms with Gasteiger partial charge in [-0.1, -0.05) is 0 Å². The number of hydrogen-bond acceptors (Lipinski definition) is 0. The molecule has 0 radical (unpaired) electrons. The fourth-order valence-corrected chi connectivity index (χ4v) is 15.6. The molecule has 2 aliphatic carbocycles. The second kappa shape index (κ2) is 13.4. The van der Waals surface area contributed by atoms with Crippen molar-refractivity contribution >= 4 is 3.21 Å². The van der Waals surface area contributed by atoms with Gasteiger partial charge in [-0.15, -0.1) is 0 Å². The van der Waals surface area contributed by atoms with Crippen molar-refractivity contribution in [2.45, 2.75) is 68.8 Å². The zero-order chi connectivity index (χ0) is 28.8. The van der Waals surface area contributed by atoms with Crippen LogP contribution in [-0.2, 0) is 38.5 Å². The molecule has 0 heterocycles. The van der Waals surface area contributed by atoms with Crippen molar-refractivity contribution in [2.75, 3.05) is 0 Å². The van der Waals surface area contributed by atoms with Crippen molar-refractivity contribution in [1.29, 1.82) is 0 Å². The molecule has 0 bridgehead atoms. The maximum Gasteiger partial charge on any atom is -1.00 e. The molecular weight excluding hydrogens is 643 g/mol. The van der Waals surface area contributed by atoms with E-state index >= 15 is 0 Å². The van der Waals surface area contributed by atoms with Crippen LogP contribution in [0.4, 0.5) is 0 Å². The van der Waals surface area contributed by atoms with Crippen molar-refractivity contribution < 1.29 is 46.1 Å². The molecule has 0 aliphatic heterocycles. The molecule has 0 saturated carbocycles. The Hall–Kier alpha value is -2.31. The SMILES string of the molecule is CC(C)(C)c1ccc2c(c1)-c1cc(C(C)(C)C)ccc1[CH]2/[Zr+2]([C]1=CC=CC1)=[C](\Cc1ccccc1)c1ccccc1.[Cl-].[Cl-]. The van der Waals surface area contributed by atoms with Gasteiger partial charge in [-0.25, -0.2) is 0 Å². The molecule has 0 fully saturated rings. The normalized spacial score (nSPS) is 14.3. The first-order valence-electron chi connectivity index (χ1n) is 15.1. The Kier molecular flexibility index (Phi) is 10.4. The van der Waals surface area contributed by atoms with E-state index in [0.717, 1.165) is 12.8 Å². The maximum absolute atomic E-state index is 2.55. The molecule has 0 saturated heterocycles. The van der Waals surface area contributed by atoms with E-state index in [2.05, 4.69) is 157 Å². The van der Waals surface area contributed by atoms with Crippen LogP contribution in [0.1, 0.15) is 85.0 Å². The monoisotopic (exact) mass is 682 g/mol. The summed E-state index contributed by atoms with van der Waals surface area (Å²) in [5.74, 6) is 0. The van der Waals surface area contributed by atoms with Crippen molar-refractivity contribution in [1.82, 2.24) is 0 Å². The van der Waals surface area contributed by atoms with Gasteiger partial charge in [0.2, 0.25) is 0 Å². The van der Waals surface area contributed by atoms with E-state index in [4.69, 9.17) is 0 Å². The molecule has 43 heavy (non-hydrogen) atoms. The van der Waals surface area contributed by atoms with E-state index in [1.54, 1.807) is 17.6 Å². The van der Waals surface area contributed by atoms with Gasteiger partial charge in [-0.2, -0.15) is 0 Å². The van der Waals surface area contributed by atoms with Crippen LogP contribution in [-0.4, -0.2) is 3.21 Å². The average Bonchev–Trinajstić information content (AvgIpc) is 3.59. The van der Waals surface area contributed by atoms with E-state index < -0.39 is 21.3 Å². The Morgan fingerprint density at radius 3 is 1.65 bits per heavy atom. The minimum Gasteiger partial charge on any atom is -1.00 e. The zero-order valence-electron chi connectivity index (χ0n) is 26.2. The van der Waals surface area contributed by atoms with Crippen LogP contribution in [0, 0.1) is 0 Å². The van der Waals surface area contributed by atoms with E-state index in [0.29, 0.717) is 3.63 Å². The molecule has 0 unspecified atom stereocenters. The molecule has 6 rings (SSSR count). The van der Waals surface area contributed by atoms with Crippen LogP contribution < -0.4 is 24.8 Å². The van der Waals surface area contributed by atoms with Gasteiger partial charge >= 0.3 is 256 Å². The van der Waals surface area contributed by atoms with Crippen LogP contribution >= 0.6 is 0 Å². The second-order valence-electron chi connectivity index (χ2n) is 13.8. The van der Waals surface area contributed by atoms with Gasteiger partial charge in [0.25, 0.3) is 0 Å². The maximum atomic E-state index is 2.53. The summed E-state index contributed by atoms with van der Waals surface area (Å²) in [6, 6.07) is 37.4. The summed E-state index contributed by atoms with van der Waals surface area (Å²) >= 11 is -2.55. The molecule has 2 aliphatic rings. The third-order valence-corrected chi connectivity index (χ3v) is 17.1. The van der Waals surface area contributed by atoms with Crippen molar-refractivity contribution in [2.24, 2.45) is 0 Å². The number of hydrogen-bond donors (Lipinski definition) is 0. The number of allylic oxidation sites excluding steroid dienone is 4. The molecular formula is C40H42Cl2Zr. The van der Waals surface area contributed by atoms with E-state index in [1.165, 1.54) is 33.4 Å². The Morgan fingerprint density at radius 2 is 1.19 bits per heavy atom. The topological polar surface area (TPSA) is 0 Å². The molecule has 0 atom stereocenters. The van der Waals surface area contributed by atoms with Gasteiger partial charge in [0, 0.05) is 0 Å². The number of halogens is 2. The Labute approximate surface area is 279 Å². The largest absolute Gasteiger partial charge is 1.00 e. The number of benzene rings is 4. The number of rotatable bonds is 5. The van der Waals surface area contributed by atoms with Crippen LogP contribution in [0.15, 0.2) is 119 Å². The van der Waals surface area contributed by atoms with Crippen molar-refractivity contribution in [3.63, 3.8) is 0 Å². The van der Waals surface area contributed by atoms with Gasteiger partial charge in [0.05, 0.1) is 0 Å². The summed E-state index contributed by atoms with van der Waals surface area (Å²) in [7, 11) is 0. The van der Waals surface area contributed by atoms with Crippen LogP contribution in [0.3, 0.4) is 0 Å². The zero-order valence-corrected chi connectivity index (χ0v) is 30.2. The summed E-state index contributed by atoms with van der Waals surface area (Å²) in [6.07, 6.45) is 9.29. The second-order valence-corrected chi connectivity index (χ2v) is 20.3. The number of fused-ring (bicyclic) bond motifs is 3. The molecule has 0 aromatic heterocycles. The predicted octanol–water partition coefficient (Wildman–Crippen LogP) is 4.28. The Balaban J connectivity index is 0.00000212. The van der Waals surface area contributed by atoms with E-state index in [1.807, 2.05) is 0 Å². The average molecular weight is 685 g/mol. The molecule has 0 amide bonds. The predicted molar refractivity (Wildman–Crippen MR) is 174 cm³/mol. The third kappa shape index (κ3) is 6.86. The van der Waals surface area contributed by atoms with E-state index in [-0.39, 0.29) is 35.6 Å². The van der Waals surface area contributed by atoms with Gasteiger partial charge in [-0.05, 0) is 0 Å². The van der Waals surface area contributed by atoms with Gasteiger partial charge in [0.15, 0.2) is 0 Å². The van der Waals surface area contributed by atoms with Gasteiger partial charge in [0.1, 0.15) is 0 Å². The molecule has 0 nitrogen and oxygen atoms in total. The van der Waals surface area contributed by atoms with Crippen molar-refractivity contribution in [3.05, 3.63) is 152 Å². The molecule has 4 aromatic carbocycles. The first kappa shape index (κ1) is 33.6. The summed E-state index contributed by atoms with van der Waals surface area (Å²) in [4.78, 5) is 0. The van der Waals surface area contributed by atoms with Gasteiger partial charge < -0.3 is 24.8 Å². The van der Waals surface area contributed by atoms with Gasteiger partial charge in [-0.3, -0.25) is 0 Å². The summed E-state index contributed by atoms with van der Waals surface area (Å²) in [5.41, 5.74) is 12.0. The van der Waals surface area contributed by atoms with Crippen molar-refractivity contribution in [3.8, 4) is 11.1 Å². The minimum atomic E-state index is -2.55. The molecule has 0 spiro atoms. The quantitative estimate of drug-likeness (QED) is 0.295. The summed E-state index contributed by atoms with van der Waals surface area (Å²) in [5, 5.41) is 0. The Bertz CT molecular complexity index is 1620. The molecule has 0 N–H and O–H groups in total. The standard InChI is InChI=1S/C21H25.C14H12.C5H5.2ClH.Zr/c1-20(2,3)16-9-7-14-11-15-8-10-17(21(4,5)6)13-19(15)18(14)12-16;1-3-7-13(8-4-1)11-12-14-9-5-2-6-10-14;1-2-4-5-3-1;;;/h7-13H,1-6H3;1-10H,11H2;1-3H,4H2;2*1H;/q;;;;;+2/p-2. The fourth-order valence-electron chi connectivity index (χ4n) is 6.49. The Morgan fingerprint density at radius 1 is 0.674 bits per heavy atom. The summed E-state index contributed by atoms with van der Waals surface area (Å²) in [6.45, 7) is 14.0. The van der Waals surface area contributed by atoms with Crippen LogP contribution in [0.5, 0.6) is 0 Å². The fraction of sp³-hybridized carbons (Fsp3) is 0.275. The summed E-state index contributed by atoms with van der Waals surface area (Å²) < 4.78 is 3.89.